The first kappa shape index (κ1) is 32.7. The number of hydrogen-bond donors (Lipinski definition) is 0. The molecular weight excluding hydrogens is 655 g/mol. The van der Waals surface area contributed by atoms with Gasteiger partial charge in [0.05, 0.1) is 0 Å². The normalized spacial score (nSPS) is 11.0. The third kappa shape index (κ3) is 6.99. The van der Waals surface area contributed by atoms with Crippen molar-refractivity contribution in [2.24, 2.45) is 0 Å². The summed E-state index contributed by atoms with van der Waals surface area (Å²) in [5.74, 6) is 1.90. The van der Waals surface area contributed by atoms with E-state index in [2.05, 4.69) is 194 Å². The smallest absolute Gasteiger partial charge is 0.164 e. The van der Waals surface area contributed by atoms with Gasteiger partial charge in [0.25, 0.3) is 0 Å². The highest BCUT2D eigenvalue weighted by molar-refractivity contribution is 5.76. The highest BCUT2D eigenvalue weighted by Gasteiger charge is 2.14. The fraction of sp³-hybridized carbons (Fsp3) is 0. The van der Waals surface area contributed by atoms with Crippen LogP contribution in [0.1, 0.15) is 0 Å². The average molecular weight is 690 g/mol. The molecule has 3 heteroatoms. The second-order valence-electron chi connectivity index (χ2n) is 13.3. The molecule has 0 radical (unpaired) electrons. The summed E-state index contributed by atoms with van der Waals surface area (Å²) in [5.41, 5.74) is 14.5. The molecule has 254 valence electrons. The minimum Gasteiger partial charge on any atom is -0.208 e. The summed E-state index contributed by atoms with van der Waals surface area (Å²) in [6.07, 6.45) is 0. The molecule has 0 spiro atoms. The molecule has 9 aromatic rings. The first-order chi connectivity index (χ1) is 26.7. The Bertz CT molecular complexity index is 2470. The molecule has 0 aliphatic carbocycles. The summed E-state index contributed by atoms with van der Waals surface area (Å²) in [7, 11) is 0. The zero-order chi connectivity index (χ0) is 36.1. The van der Waals surface area contributed by atoms with Crippen LogP contribution in [0, 0.1) is 0 Å². The monoisotopic (exact) mass is 689 g/mol. The van der Waals surface area contributed by atoms with Gasteiger partial charge in [-0.3, -0.25) is 0 Å². The van der Waals surface area contributed by atoms with E-state index in [0.29, 0.717) is 17.5 Å². The molecule has 0 amide bonds. The maximum atomic E-state index is 5.04. The van der Waals surface area contributed by atoms with Crippen molar-refractivity contribution in [3.63, 3.8) is 0 Å². The quantitative estimate of drug-likeness (QED) is 0.159. The van der Waals surface area contributed by atoms with Gasteiger partial charge in [-0.1, -0.05) is 212 Å². The Morgan fingerprint density at radius 2 is 0.296 bits per heavy atom. The zero-order valence-corrected chi connectivity index (χ0v) is 29.5. The van der Waals surface area contributed by atoms with Crippen LogP contribution in [-0.4, -0.2) is 15.0 Å². The van der Waals surface area contributed by atoms with Crippen molar-refractivity contribution in [3.8, 4) is 89.8 Å². The third-order valence-corrected chi connectivity index (χ3v) is 9.82. The topological polar surface area (TPSA) is 38.7 Å². The Labute approximate surface area is 316 Å². The zero-order valence-electron chi connectivity index (χ0n) is 29.5. The Kier molecular flexibility index (Phi) is 8.94. The molecule has 0 unspecified atom stereocenters. The molecule has 0 saturated carbocycles. The molecule has 0 fully saturated rings. The molecule has 0 saturated heterocycles. The van der Waals surface area contributed by atoms with Gasteiger partial charge in [0.1, 0.15) is 0 Å². The number of benzene rings is 8. The van der Waals surface area contributed by atoms with Crippen LogP contribution in [0.2, 0.25) is 0 Å². The van der Waals surface area contributed by atoms with Gasteiger partial charge in [-0.25, -0.2) is 15.0 Å². The lowest BCUT2D eigenvalue weighted by Gasteiger charge is -2.11. The molecule has 54 heavy (non-hydrogen) atoms. The fourth-order valence-corrected chi connectivity index (χ4v) is 6.80. The largest absolute Gasteiger partial charge is 0.208 e. The minimum absolute atomic E-state index is 0.633. The predicted octanol–water partition coefficient (Wildman–Crippen LogP) is 13.2. The second kappa shape index (κ2) is 14.8. The Balaban J connectivity index is 1.04. The lowest BCUT2D eigenvalue weighted by atomic mass is 9.99. The maximum Gasteiger partial charge on any atom is 0.164 e. The summed E-state index contributed by atoms with van der Waals surface area (Å²) >= 11 is 0. The van der Waals surface area contributed by atoms with E-state index in [1.807, 2.05) is 18.2 Å². The summed E-state index contributed by atoms with van der Waals surface area (Å²) < 4.78 is 0. The highest BCUT2D eigenvalue weighted by Crippen LogP contribution is 2.31. The lowest BCUT2D eigenvalue weighted by molar-refractivity contribution is 1.07. The first-order valence-electron chi connectivity index (χ1n) is 18.2. The molecule has 1 heterocycles. The highest BCUT2D eigenvalue weighted by atomic mass is 15.0. The molecular formula is C51H35N3. The number of nitrogens with zero attached hydrogens (tertiary/aromatic N) is 3. The molecule has 8 aromatic carbocycles. The molecule has 0 bridgehead atoms. The van der Waals surface area contributed by atoms with Gasteiger partial charge in [-0.2, -0.15) is 0 Å². The maximum absolute atomic E-state index is 5.04. The van der Waals surface area contributed by atoms with Gasteiger partial charge in [0.2, 0.25) is 0 Å². The molecule has 3 nitrogen and oxygen atoms in total. The first-order valence-corrected chi connectivity index (χ1v) is 18.2. The molecule has 0 aliphatic heterocycles. The van der Waals surface area contributed by atoms with Crippen LogP contribution in [0.3, 0.4) is 0 Å². The Morgan fingerprint density at radius 1 is 0.148 bits per heavy atom. The van der Waals surface area contributed by atoms with Crippen molar-refractivity contribution >= 4 is 0 Å². The van der Waals surface area contributed by atoms with E-state index in [1.54, 1.807) is 0 Å². The summed E-state index contributed by atoms with van der Waals surface area (Å²) in [4.78, 5) is 15.1. The van der Waals surface area contributed by atoms with Gasteiger partial charge in [0.15, 0.2) is 17.5 Å². The summed E-state index contributed by atoms with van der Waals surface area (Å²) in [6.45, 7) is 0. The van der Waals surface area contributed by atoms with Crippen LogP contribution < -0.4 is 0 Å². The van der Waals surface area contributed by atoms with Crippen molar-refractivity contribution in [2.45, 2.75) is 0 Å². The van der Waals surface area contributed by atoms with E-state index in [9.17, 15) is 0 Å². The predicted molar refractivity (Wildman–Crippen MR) is 223 cm³/mol. The van der Waals surface area contributed by atoms with E-state index in [4.69, 9.17) is 15.0 Å². The van der Waals surface area contributed by atoms with Crippen LogP contribution in [0.25, 0.3) is 89.8 Å². The average Bonchev–Trinajstić information content (AvgIpc) is 3.27. The number of rotatable bonds is 8. The van der Waals surface area contributed by atoms with E-state index in [-0.39, 0.29) is 0 Å². The van der Waals surface area contributed by atoms with Gasteiger partial charge in [0, 0.05) is 16.7 Å². The molecule has 1 aromatic heterocycles. The van der Waals surface area contributed by atoms with Crippen molar-refractivity contribution < 1.29 is 0 Å². The summed E-state index contributed by atoms with van der Waals surface area (Å²) in [5, 5.41) is 0. The summed E-state index contributed by atoms with van der Waals surface area (Å²) in [6, 6.07) is 74.1. The minimum atomic E-state index is 0.633. The van der Waals surface area contributed by atoms with Crippen LogP contribution in [0.15, 0.2) is 212 Å². The van der Waals surface area contributed by atoms with Gasteiger partial charge in [-0.05, 0) is 55.6 Å². The van der Waals surface area contributed by atoms with Crippen LogP contribution in [0.5, 0.6) is 0 Å². The van der Waals surface area contributed by atoms with Gasteiger partial charge >= 0.3 is 0 Å². The fourth-order valence-electron chi connectivity index (χ4n) is 6.80. The standard InChI is InChI=1S/C51H35N3/c1-4-10-36(11-5-1)39-16-20-42(21-17-39)44-26-32-47(33-27-44)50-52-49(46-30-24-41(25-31-46)38-14-8-3-9-15-38)53-51(54-50)48-34-28-45(29-35-48)43-22-18-40(19-23-43)37-12-6-2-7-13-37/h1-35H. The van der Waals surface area contributed by atoms with Crippen LogP contribution in [0.4, 0.5) is 0 Å². The van der Waals surface area contributed by atoms with Crippen LogP contribution in [-0.2, 0) is 0 Å². The van der Waals surface area contributed by atoms with E-state index < -0.39 is 0 Å². The van der Waals surface area contributed by atoms with Crippen LogP contribution >= 0.6 is 0 Å². The van der Waals surface area contributed by atoms with E-state index in [0.717, 1.165) is 44.5 Å². The molecule has 0 aliphatic rings. The van der Waals surface area contributed by atoms with Crippen molar-refractivity contribution in [2.75, 3.05) is 0 Å². The number of aromatic nitrogens is 3. The van der Waals surface area contributed by atoms with Crippen molar-refractivity contribution in [3.05, 3.63) is 212 Å². The third-order valence-electron chi connectivity index (χ3n) is 9.82. The molecule has 0 atom stereocenters. The van der Waals surface area contributed by atoms with Gasteiger partial charge in [-0.15, -0.1) is 0 Å². The second-order valence-corrected chi connectivity index (χ2v) is 13.3. The Morgan fingerprint density at radius 3 is 0.481 bits per heavy atom. The van der Waals surface area contributed by atoms with Crippen molar-refractivity contribution in [1.82, 2.24) is 15.0 Å². The number of hydrogen-bond acceptors (Lipinski definition) is 3. The van der Waals surface area contributed by atoms with Gasteiger partial charge < -0.3 is 0 Å². The van der Waals surface area contributed by atoms with Crippen molar-refractivity contribution in [1.29, 1.82) is 0 Å². The SMILES string of the molecule is c1ccc(-c2ccc(-c3ccc(-c4nc(-c5ccc(-c6ccccc6)cc5)nc(-c5ccc(-c6ccc(-c7ccccc7)cc6)cc5)n4)cc3)cc2)cc1. The van der Waals surface area contributed by atoms with E-state index >= 15 is 0 Å². The molecule has 9 rings (SSSR count). The lowest BCUT2D eigenvalue weighted by Crippen LogP contribution is -2.00. The van der Waals surface area contributed by atoms with E-state index in [1.165, 1.54) is 27.8 Å². The Hall–Kier alpha value is -7.23. The molecule has 0 N–H and O–H groups in total.